The Balaban J connectivity index is 1.90. The van der Waals surface area contributed by atoms with Crippen LogP contribution in [-0.4, -0.2) is 64.3 Å². The molecule has 19 heavy (non-hydrogen) atoms. The van der Waals surface area contributed by atoms with Gasteiger partial charge in [-0.1, -0.05) is 0 Å². The first-order valence-electron chi connectivity index (χ1n) is 8.27. The van der Waals surface area contributed by atoms with Crippen LogP contribution in [0.1, 0.15) is 32.1 Å². The van der Waals surface area contributed by atoms with Gasteiger partial charge >= 0.3 is 0 Å². The lowest BCUT2D eigenvalue weighted by Gasteiger charge is -2.36. The molecule has 0 aliphatic heterocycles. The Morgan fingerprint density at radius 2 is 1.37 bits per heavy atom. The van der Waals surface area contributed by atoms with Gasteiger partial charge in [-0.2, -0.15) is 0 Å². The molecule has 0 aromatic rings. The van der Waals surface area contributed by atoms with E-state index in [2.05, 4.69) is 42.3 Å². The smallest absolute Gasteiger partial charge is 0.0814 e. The fourth-order valence-corrected chi connectivity index (χ4v) is 4.70. The van der Waals surface area contributed by atoms with Crippen molar-refractivity contribution in [1.82, 2.24) is 0 Å². The average molecular weight is 268 g/mol. The molecule has 2 aliphatic rings. The molecule has 0 amide bonds. The normalized spacial score (nSPS) is 35.1. The summed E-state index contributed by atoms with van der Waals surface area (Å²) in [7, 11) is 14.1. The van der Waals surface area contributed by atoms with Crippen molar-refractivity contribution in [3.8, 4) is 0 Å². The Morgan fingerprint density at radius 3 is 1.89 bits per heavy atom. The zero-order valence-electron chi connectivity index (χ0n) is 14.2. The van der Waals surface area contributed by atoms with Gasteiger partial charge < -0.3 is 8.97 Å². The minimum atomic E-state index is 1.02. The van der Waals surface area contributed by atoms with E-state index in [1.807, 2.05) is 0 Å². The molecule has 0 saturated heterocycles. The zero-order valence-corrected chi connectivity index (χ0v) is 14.2. The molecule has 2 rings (SSSR count). The predicted molar refractivity (Wildman–Crippen MR) is 82.8 cm³/mol. The van der Waals surface area contributed by atoms with E-state index in [0.717, 1.165) is 32.6 Å². The molecule has 2 bridgehead atoms. The van der Waals surface area contributed by atoms with Gasteiger partial charge in [0.1, 0.15) is 0 Å². The summed E-state index contributed by atoms with van der Waals surface area (Å²) in [6.07, 6.45) is 7.53. The van der Waals surface area contributed by atoms with E-state index in [0.29, 0.717) is 0 Å². The average Bonchev–Trinajstić information content (AvgIpc) is 2.76. The van der Waals surface area contributed by atoms with E-state index in [4.69, 9.17) is 0 Å². The van der Waals surface area contributed by atoms with Crippen LogP contribution in [0.3, 0.4) is 0 Å². The molecule has 2 aliphatic carbocycles. The van der Waals surface area contributed by atoms with Gasteiger partial charge in [0.15, 0.2) is 0 Å². The van der Waals surface area contributed by atoms with E-state index in [-0.39, 0.29) is 0 Å². The lowest BCUT2D eigenvalue weighted by molar-refractivity contribution is -0.875. The number of fused-ring (bicyclic) bond motifs is 2. The van der Waals surface area contributed by atoms with Crippen LogP contribution in [0.15, 0.2) is 0 Å². The molecule has 0 spiro atoms. The van der Waals surface area contributed by atoms with Gasteiger partial charge in [-0.25, -0.2) is 0 Å². The van der Waals surface area contributed by atoms with Gasteiger partial charge in [0.05, 0.1) is 55.4 Å². The van der Waals surface area contributed by atoms with Crippen molar-refractivity contribution in [2.75, 3.05) is 55.4 Å². The molecular formula is C17H36N2+2. The highest BCUT2D eigenvalue weighted by Crippen LogP contribution is 2.54. The first-order chi connectivity index (χ1) is 8.66. The van der Waals surface area contributed by atoms with E-state index >= 15 is 0 Å². The van der Waals surface area contributed by atoms with Crippen LogP contribution in [0.2, 0.25) is 0 Å². The third-order valence-corrected chi connectivity index (χ3v) is 5.40. The standard InChI is InChI=1S/C17H36N2/c1-18(2,3)11-7-8-16-14-9-10-15(12-14)17(16)13-19(4,5)6/h14-17H,7-13H2,1-6H3/q+2. The van der Waals surface area contributed by atoms with Gasteiger partial charge in [-0.05, 0) is 49.9 Å². The lowest BCUT2D eigenvalue weighted by Crippen LogP contribution is -2.43. The summed E-state index contributed by atoms with van der Waals surface area (Å²) in [6, 6.07) is 0. The molecule has 0 radical (unpaired) electrons. The van der Waals surface area contributed by atoms with Crippen molar-refractivity contribution in [3.63, 3.8) is 0 Å². The quantitative estimate of drug-likeness (QED) is 0.650. The van der Waals surface area contributed by atoms with E-state index in [1.165, 1.54) is 38.8 Å². The number of nitrogens with zero attached hydrogens (tertiary/aromatic N) is 2. The Morgan fingerprint density at radius 1 is 0.789 bits per heavy atom. The van der Waals surface area contributed by atoms with Crippen molar-refractivity contribution < 1.29 is 8.97 Å². The van der Waals surface area contributed by atoms with Gasteiger partial charge in [-0.15, -0.1) is 0 Å². The molecule has 2 nitrogen and oxygen atoms in total. The van der Waals surface area contributed by atoms with Gasteiger partial charge in [0.2, 0.25) is 0 Å². The lowest BCUT2D eigenvalue weighted by atomic mass is 9.76. The van der Waals surface area contributed by atoms with Crippen LogP contribution in [0.5, 0.6) is 0 Å². The van der Waals surface area contributed by atoms with Crippen LogP contribution in [0.4, 0.5) is 0 Å². The van der Waals surface area contributed by atoms with Gasteiger partial charge in [-0.3, -0.25) is 0 Å². The summed E-state index contributed by atoms with van der Waals surface area (Å²) < 4.78 is 2.28. The molecule has 2 heteroatoms. The maximum atomic E-state index is 2.37. The monoisotopic (exact) mass is 268 g/mol. The molecule has 0 heterocycles. The second-order valence-electron chi connectivity index (χ2n) is 9.29. The molecule has 112 valence electrons. The summed E-state index contributed by atoms with van der Waals surface area (Å²) in [5.41, 5.74) is 0. The summed E-state index contributed by atoms with van der Waals surface area (Å²) in [5.74, 6) is 4.21. The zero-order chi connectivity index (χ0) is 14.3. The number of rotatable bonds is 6. The number of hydrogen-bond donors (Lipinski definition) is 0. The summed E-state index contributed by atoms with van der Waals surface area (Å²) >= 11 is 0. The van der Waals surface area contributed by atoms with Crippen molar-refractivity contribution in [2.24, 2.45) is 23.7 Å². The maximum absolute atomic E-state index is 2.37. The Kier molecular flexibility index (Phi) is 4.32. The van der Waals surface area contributed by atoms with E-state index in [1.54, 1.807) is 6.42 Å². The number of hydrogen-bond acceptors (Lipinski definition) is 0. The van der Waals surface area contributed by atoms with Gasteiger partial charge in [0, 0.05) is 5.92 Å². The van der Waals surface area contributed by atoms with E-state index in [9.17, 15) is 0 Å². The van der Waals surface area contributed by atoms with Crippen LogP contribution in [-0.2, 0) is 0 Å². The molecule has 2 fully saturated rings. The fourth-order valence-electron chi connectivity index (χ4n) is 4.70. The molecule has 0 N–H and O–H groups in total. The Bertz CT molecular complexity index is 297. The van der Waals surface area contributed by atoms with Crippen molar-refractivity contribution in [1.29, 1.82) is 0 Å². The molecule has 0 aromatic heterocycles. The van der Waals surface area contributed by atoms with Crippen molar-refractivity contribution in [2.45, 2.75) is 32.1 Å². The Labute approximate surface area is 121 Å². The summed E-state index contributed by atoms with van der Waals surface area (Å²) in [4.78, 5) is 0. The largest absolute Gasteiger partial charge is 0.331 e. The second kappa shape index (κ2) is 5.37. The van der Waals surface area contributed by atoms with Crippen molar-refractivity contribution >= 4 is 0 Å². The molecule has 0 aromatic carbocycles. The third-order valence-electron chi connectivity index (χ3n) is 5.40. The highest BCUT2D eigenvalue weighted by Gasteiger charge is 2.48. The highest BCUT2D eigenvalue weighted by molar-refractivity contribution is 4.96. The molecule has 4 unspecified atom stereocenters. The predicted octanol–water partition coefficient (Wildman–Crippen LogP) is 2.84. The molecule has 4 atom stereocenters. The first kappa shape index (κ1) is 15.3. The van der Waals surface area contributed by atoms with Gasteiger partial charge in [0.25, 0.3) is 0 Å². The minimum Gasteiger partial charge on any atom is -0.331 e. The SMILES string of the molecule is C[N+](C)(C)CCCC1C2CCC(C2)C1C[N+](C)(C)C. The second-order valence-corrected chi connectivity index (χ2v) is 9.29. The maximum Gasteiger partial charge on any atom is 0.0814 e. The first-order valence-corrected chi connectivity index (χ1v) is 8.27. The van der Waals surface area contributed by atoms with Crippen molar-refractivity contribution in [3.05, 3.63) is 0 Å². The third kappa shape index (κ3) is 4.19. The Hall–Kier alpha value is -0.0800. The highest BCUT2D eigenvalue weighted by atomic mass is 15.3. The minimum absolute atomic E-state index is 1.02. The summed E-state index contributed by atoms with van der Waals surface area (Å²) in [5, 5.41) is 0. The van der Waals surface area contributed by atoms with E-state index < -0.39 is 0 Å². The molecular weight excluding hydrogens is 232 g/mol. The van der Waals surface area contributed by atoms with Crippen LogP contribution in [0, 0.1) is 23.7 Å². The topological polar surface area (TPSA) is 0 Å². The van der Waals surface area contributed by atoms with Crippen LogP contribution < -0.4 is 0 Å². The van der Waals surface area contributed by atoms with Crippen LogP contribution in [0.25, 0.3) is 0 Å². The fraction of sp³-hybridized carbons (Fsp3) is 1.00. The van der Waals surface area contributed by atoms with Crippen LogP contribution >= 0.6 is 0 Å². The number of quaternary nitrogens is 2. The summed E-state index contributed by atoms with van der Waals surface area (Å²) in [6.45, 7) is 2.74. The molecule has 2 saturated carbocycles.